The van der Waals surface area contributed by atoms with Crippen LogP contribution < -0.4 is 5.56 Å². The summed E-state index contributed by atoms with van der Waals surface area (Å²) in [5.74, 6) is 2.83. The van der Waals surface area contributed by atoms with E-state index in [1.54, 1.807) is 0 Å². The summed E-state index contributed by atoms with van der Waals surface area (Å²) in [6.07, 6.45) is 0.633. The standard InChI is InChI=1S/C8H6N2O4/c11-6(12)3-1-2-5-7(13)9-4-10-8(5)14/h4H,3H2,(H,11,12)(H2,9,10,13,14). The van der Waals surface area contributed by atoms with E-state index in [9.17, 15) is 9.59 Å². The number of rotatable bonds is 1. The molecule has 0 aliphatic heterocycles. The van der Waals surface area contributed by atoms with E-state index >= 15 is 0 Å². The first-order valence-corrected chi connectivity index (χ1v) is 3.58. The summed E-state index contributed by atoms with van der Waals surface area (Å²) in [5, 5.41) is 17.3. The largest absolute Gasteiger partial charge is 0.492 e. The summed E-state index contributed by atoms with van der Waals surface area (Å²) >= 11 is 0. The average molecular weight is 194 g/mol. The van der Waals surface area contributed by atoms with Gasteiger partial charge in [-0.05, 0) is 0 Å². The molecule has 1 heterocycles. The Morgan fingerprint density at radius 3 is 2.93 bits per heavy atom. The van der Waals surface area contributed by atoms with Gasteiger partial charge in [0.2, 0.25) is 5.88 Å². The molecule has 0 atom stereocenters. The molecule has 3 N–H and O–H groups in total. The molecule has 0 saturated carbocycles. The molecule has 6 heteroatoms. The Bertz CT molecular complexity index is 466. The molecule has 0 aliphatic carbocycles. The molecule has 0 unspecified atom stereocenters. The highest BCUT2D eigenvalue weighted by Crippen LogP contribution is 2.03. The highest BCUT2D eigenvalue weighted by atomic mass is 16.4. The number of hydrogen-bond donors (Lipinski definition) is 3. The highest BCUT2D eigenvalue weighted by molar-refractivity contribution is 5.70. The zero-order valence-electron chi connectivity index (χ0n) is 6.94. The van der Waals surface area contributed by atoms with E-state index in [2.05, 4.69) is 21.8 Å². The van der Waals surface area contributed by atoms with Crippen molar-refractivity contribution in [3.8, 4) is 17.7 Å². The number of aromatic nitrogens is 2. The number of carboxylic acid groups (broad SMARTS) is 1. The molecule has 1 aromatic rings. The lowest BCUT2D eigenvalue weighted by Crippen LogP contribution is -2.10. The fourth-order valence-corrected chi connectivity index (χ4v) is 0.711. The zero-order valence-corrected chi connectivity index (χ0v) is 6.94. The predicted octanol–water partition coefficient (Wildman–Crippen LogP) is -0.698. The van der Waals surface area contributed by atoms with Crippen LogP contribution in [0.3, 0.4) is 0 Å². The number of nitrogens with one attached hydrogen (secondary N) is 1. The van der Waals surface area contributed by atoms with Crippen molar-refractivity contribution in [2.75, 3.05) is 0 Å². The fraction of sp³-hybridized carbons (Fsp3) is 0.125. The SMILES string of the molecule is O=C(O)CC#Cc1c(O)nc[nH]c1=O. The van der Waals surface area contributed by atoms with Crippen LogP contribution in [0.15, 0.2) is 11.1 Å². The first-order valence-electron chi connectivity index (χ1n) is 3.58. The van der Waals surface area contributed by atoms with Crippen LogP contribution in [-0.4, -0.2) is 26.2 Å². The van der Waals surface area contributed by atoms with Crippen LogP contribution in [0.2, 0.25) is 0 Å². The molecule has 0 fully saturated rings. The Labute approximate surface area is 78.2 Å². The topological polar surface area (TPSA) is 103 Å². The summed E-state index contributed by atoms with van der Waals surface area (Å²) in [5.41, 5.74) is -0.830. The maximum Gasteiger partial charge on any atom is 0.315 e. The van der Waals surface area contributed by atoms with E-state index in [0.29, 0.717) is 0 Å². The zero-order chi connectivity index (χ0) is 10.6. The molecule has 1 rings (SSSR count). The van der Waals surface area contributed by atoms with E-state index in [1.807, 2.05) is 0 Å². The summed E-state index contributed by atoms with van der Waals surface area (Å²) in [4.78, 5) is 26.7. The molecule has 6 nitrogen and oxygen atoms in total. The molecular weight excluding hydrogens is 188 g/mol. The van der Waals surface area contributed by atoms with Crippen LogP contribution in [0.4, 0.5) is 0 Å². The van der Waals surface area contributed by atoms with Gasteiger partial charge in [0, 0.05) is 0 Å². The number of aromatic hydroxyl groups is 1. The number of carboxylic acids is 1. The fourth-order valence-electron chi connectivity index (χ4n) is 0.711. The lowest BCUT2D eigenvalue weighted by atomic mass is 10.3. The van der Waals surface area contributed by atoms with Crippen LogP contribution in [0, 0.1) is 11.8 Å². The lowest BCUT2D eigenvalue weighted by molar-refractivity contribution is -0.135. The van der Waals surface area contributed by atoms with Crippen molar-refractivity contribution in [2.45, 2.75) is 6.42 Å². The van der Waals surface area contributed by atoms with E-state index in [0.717, 1.165) is 6.33 Å². The van der Waals surface area contributed by atoms with Crippen LogP contribution in [-0.2, 0) is 4.79 Å². The number of carbonyl (C=O) groups is 1. The molecule has 0 spiro atoms. The maximum atomic E-state index is 11.0. The van der Waals surface area contributed by atoms with Crippen LogP contribution in [0.1, 0.15) is 12.0 Å². The Morgan fingerprint density at radius 2 is 2.36 bits per heavy atom. The summed E-state index contributed by atoms with van der Waals surface area (Å²) in [6.45, 7) is 0. The molecule has 0 aromatic carbocycles. The van der Waals surface area contributed by atoms with E-state index in [4.69, 9.17) is 10.2 Å². The van der Waals surface area contributed by atoms with Gasteiger partial charge in [0.15, 0.2) is 5.56 Å². The maximum absolute atomic E-state index is 11.0. The monoisotopic (exact) mass is 194 g/mol. The van der Waals surface area contributed by atoms with Gasteiger partial charge in [-0.25, -0.2) is 4.98 Å². The first-order chi connectivity index (χ1) is 6.61. The molecule has 0 radical (unpaired) electrons. The Kier molecular flexibility index (Phi) is 2.86. The van der Waals surface area contributed by atoms with Gasteiger partial charge < -0.3 is 15.2 Å². The minimum absolute atomic E-state index is 0.228. The van der Waals surface area contributed by atoms with Crippen molar-refractivity contribution in [3.63, 3.8) is 0 Å². The number of hydrogen-bond acceptors (Lipinski definition) is 4. The summed E-state index contributed by atoms with van der Waals surface area (Å²) in [7, 11) is 0. The number of H-pyrrole nitrogens is 1. The minimum atomic E-state index is -1.10. The van der Waals surface area contributed by atoms with Gasteiger partial charge in [-0.3, -0.25) is 9.59 Å². The highest BCUT2D eigenvalue weighted by Gasteiger charge is 2.02. The van der Waals surface area contributed by atoms with Crippen molar-refractivity contribution in [2.24, 2.45) is 0 Å². The van der Waals surface area contributed by atoms with Crippen molar-refractivity contribution in [1.82, 2.24) is 9.97 Å². The molecule has 72 valence electrons. The molecule has 0 bridgehead atoms. The van der Waals surface area contributed by atoms with Crippen molar-refractivity contribution in [1.29, 1.82) is 0 Å². The molecular formula is C8H6N2O4. The molecule has 0 saturated heterocycles. The quantitative estimate of drug-likeness (QED) is 0.513. The van der Waals surface area contributed by atoms with Crippen LogP contribution in [0.5, 0.6) is 5.88 Å². The molecule has 0 amide bonds. The first kappa shape index (κ1) is 9.80. The molecule has 1 aromatic heterocycles. The molecule has 14 heavy (non-hydrogen) atoms. The average Bonchev–Trinajstić information content (AvgIpc) is 2.09. The number of aliphatic carboxylic acids is 1. The van der Waals surface area contributed by atoms with Crippen molar-refractivity contribution < 1.29 is 15.0 Å². The van der Waals surface area contributed by atoms with E-state index in [1.165, 1.54) is 0 Å². The minimum Gasteiger partial charge on any atom is -0.492 e. The lowest BCUT2D eigenvalue weighted by Gasteiger charge is -1.91. The van der Waals surface area contributed by atoms with Crippen molar-refractivity contribution >= 4 is 5.97 Å². The Morgan fingerprint density at radius 1 is 1.64 bits per heavy atom. The van der Waals surface area contributed by atoms with Gasteiger partial charge in [0.05, 0.1) is 6.33 Å². The number of nitrogens with zero attached hydrogens (tertiary/aromatic N) is 1. The van der Waals surface area contributed by atoms with E-state index < -0.39 is 23.8 Å². The van der Waals surface area contributed by atoms with Gasteiger partial charge in [0.25, 0.3) is 5.56 Å². The van der Waals surface area contributed by atoms with E-state index in [-0.39, 0.29) is 5.56 Å². The summed E-state index contributed by atoms with van der Waals surface area (Å²) < 4.78 is 0. The second-order valence-corrected chi connectivity index (χ2v) is 2.30. The van der Waals surface area contributed by atoms with Gasteiger partial charge in [-0.2, -0.15) is 0 Å². The second-order valence-electron chi connectivity index (χ2n) is 2.30. The normalized spacial score (nSPS) is 8.86. The van der Waals surface area contributed by atoms with Gasteiger partial charge in [0.1, 0.15) is 6.42 Å². The molecule has 0 aliphatic rings. The number of aromatic amines is 1. The predicted molar refractivity (Wildman–Crippen MR) is 45.7 cm³/mol. The third-order valence-corrected chi connectivity index (χ3v) is 1.29. The third kappa shape index (κ3) is 2.35. The van der Waals surface area contributed by atoms with Crippen molar-refractivity contribution in [3.05, 3.63) is 22.2 Å². The Balaban J connectivity index is 3.00. The Hall–Kier alpha value is -2.29. The van der Waals surface area contributed by atoms with Crippen LogP contribution >= 0.6 is 0 Å². The van der Waals surface area contributed by atoms with Gasteiger partial charge >= 0.3 is 5.97 Å². The third-order valence-electron chi connectivity index (χ3n) is 1.29. The smallest absolute Gasteiger partial charge is 0.315 e. The van der Waals surface area contributed by atoms with Gasteiger partial charge in [-0.15, -0.1) is 0 Å². The van der Waals surface area contributed by atoms with Crippen LogP contribution in [0.25, 0.3) is 0 Å². The van der Waals surface area contributed by atoms with Gasteiger partial charge in [-0.1, -0.05) is 11.8 Å². The summed E-state index contributed by atoms with van der Waals surface area (Å²) in [6, 6.07) is 0. The second kappa shape index (κ2) is 4.09.